The Hall–Kier alpha value is -1.09. The van der Waals surface area contributed by atoms with Gasteiger partial charge in [0.25, 0.3) is 0 Å². The molecule has 1 aromatic heterocycles. The first kappa shape index (κ1) is 9.00. The minimum Gasteiger partial charge on any atom is -0.348 e. The Kier molecular flexibility index (Phi) is 2.65. The topological polar surface area (TPSA) is 48.0 Å². The lowest BCUT2D eigenvalue weighted by Crippen LogP contribution is -2.17. The van der Waals surface area contributed by atoms with Crippen LogP contribution in [0.3, 0.4) is 0 Å². The van der Waals surface area contributed by atoms with Crippen LogP contribution in [-0.2, 0) is 6.54 Å². The summed E-state index contributed by atoms with van der Waals surface area (Å²) < 4.78 is 2.04. The summed E-state index contributed by atoms with van der Waals surface area (Å²) in [5.41, 5.74) is 7.46. The van der Waals surface area contributed by atoms with E-state index in [0.717, 1.165) is 17.9 Å². The second kappa shape index (κ2) is 3.54. The second-order valence-electron chi connectivity index (χ2n) is 2.91. The number of aryl methyl sites for hydroxylation is 2. The molecule has 1 heterocycles. The number of nitrogens with two attached hydrogens (primary N) is 1. The first-order chi connectivity index (χ1) is 5.65. The molecule has 0 aliphatic rings. The van der Waals surface area contributed by atoms with Gasteiger partial charge in [-0.25, -0.2) is 0 Å². The van der Waals surface area contributed by atoms with Crippen LogP contribution in [0.25, 0.3) is 0 Å². The molecule has 1 aromatic rings. The summed E-state index contributed by atoms with van der Waals surface area (Å²) in [6, 6.07) is 3.26. The molecule has 0 aliphatic heterocycles. The molecule has 0 bridgehead atoms. The van der Waals surface area contributed by atoms with Gasteiger partial charge in [0.15, 0.2) is 5.43 Å². The summed E-state index contributed by atoms with van der Waals surface area (Å²) in [7, 11) is 0. The van der Waals surface area contributed by atoms with Gasteiger partial charge in [0.1, 0.15) is 0 Å². The van der Waals surface area contributed by atoms with Crippen LogP contribution in [0.5, 0.6) is 0 Å². The second-order valence-corrected chi connectivity index (χ2v) is 2.91. The number of rotatable bonds is 2. The van der Waals surface area contributed by atoms with Crippen molar-refractivity contribution in [3.63, 3.8) is 0 Å². The van der Waals surface area contributed by atoms with E-state index in [1.165, 1.54) is 0 Å². The summed E-state index contributed by atoms with van der Waals surface area (Å²) in [5.74, 6) is 0. The summed E-state index contributed by atoms with van der Waals surface area (Å²) in [6.45, 7) is 5.22. The molecule has 0 aromatic carbocycles. The molecule has 0 unspecified atom stereocenters. The molecule has 3 heteroatoms. The molecule has 0 atom stereocenters. The van der Waals surface area contributed by atoms with Gasteiger partial charge in [-0.3, -0.25) is 4.79 Å². The molecule has 0 spiro atoms. The molecule has 1 rings (SSSR count). The van der Waals surface area contributed by atoms with E-state index in [2.05, 4.69) is 0 Å². The van der Waals surface area contributed by atoms with Crippen molar-refractivity contribution in [2.75, 3.05) is 6.54 Å². The fraction of sp³-hybridized carbons (Fsp3) is 0.444. The summed E-state index contributed by atoms with van der Waals surface area (Å²) in [5, 5.41) is 0. The van der Waals surface area contributed by atoms with Crippen LogP contribution in [0.1, 0.15) is 11.4 Å². The van der Waals surface area contributed by atoms with E-state index in [1.54, 1.807) is 12.1 Å². The fourth-order valence-electron chi connectivity index (χ4n) is 1.37. The normalized spacial score (nSPS) is 10.2. The number of hydrogen-bond acceptors (Lipinski definition) is 2. The molecular formula is C9H14N2O. The average molecular weight is 166 g/mol. The predicted octanol–water partition coefficient (Wildman–Crippen LogP) is 0.424. The van der Waals surface area contributed by atoms with Gasteiger partial charge in [-0.2, -0.15) is 0 Å². The Bertz CT molecular complexity index is 302. The summed E-state index contributed by atoms with van der Waals surface area (Å²) in [6.07, 6.45) is 0. The zero-order chi connectivity index (χ0) is 9.14. The molecule has 66 valence electrons. The largest absolute Gasteiger partial charge is 0.348 e. The molecule has 0 saturated heterocycles. The van der Waals surface area contributed by atoms with Crippen molar-refractivity contribution in [2.24, 2.45) is 5.73 Å². The van der Waals surface area contributed by atoms with E-state index in [-0.39, 0.29) is 5.43 Å². The van der Waals surface area contributed by atoms with Crippen molar-refractivity contribution < 1.29 is 0 Å². The van der Waals surface area contributed by atoms with Crippen LogP contribution in [-0.4, -0.2) is 11.1 Å². The van der Waals surface area contributed by atoms with Crippen molar-refractivity contribution in [1.29, 1.82) is 0 Å². The van der Waals surface area contributed by atoms with Gasteiger partial charge in [0.2, 0.25) is 0 Å². The lowest BCUT2D eigenvalue weighted by atomic mass is 10.3. The first-order valence-corrected chi connectivity index (χ1v) is 4.03. The van der Waals surface area contributed by atoms with Crippen molar-refractivity contribution in [3.05, 3.63) is 33.7 Å². The quantitative estimate of drug-likeness (QED) is 0.692. The lowest BCUT2D eigenvalue weighted by molar-refractivity contribution is 0.660. The SMILES string of the molecule is Cc1cc(=O)cc(C)n1CCN. The van der Waals surface area contributed by atoms with Crippen molar-refractivity contribution in [3.8, 4) is 0 Å². The van der Waals surface area contributed by atoms with Gasteiger partial charge >= 0.3 is 0 Å². The molecule has 3 nitrogen and oxygen atoms in total. The van der Waals surface area contributed by atoms with Crippen molar-refractivity contribution >= 4 is 0 Å². The van der Waals surface area contributed by atoms with E-state index >= 15 is 0 Å². The van der Waals surface area contributed by atoms with E-state index in [4.69, 9.17) is 5.73 Å². The van der Waals surface area contributed by atoms with Gasteiger partial charge in [-0.1, -0.05) is 0 Å². The summed E-state index contributed by atoms with van der Waals surface area (Å²) >= 11 is 0. The highest BCUT2D eigenvalue weighted by Crippen LogP contribution is 1.99. The maximum absolute atomic E-state index is 11.0. The van der Waals surface area contributed by atoms with E-state index in [9.17, 15) is 4.79 Å². The Balaban J connectivity index is 3.18. The average Bonchev–Trinajstić information content (AvgIpc) is 1.96. The zero-order valence-electron chi connectivity index (χ0n) is 7.50. The van der Waals surface area contributed by atoms with Gasteiger partial charge in [-0.15, -0.1) is 0 Å². The zero-order valence-corrected chi connectivity index (χ0v) is 7.50. The van der Waals surface area contributed by atoms with Crippen LogP contribution in [0.4, 0.5) is 0 Å². The molecule has 2 N–H and O–H groups in total. The van der Waals surface area contributed by atoms with E-state index in [1.807, 2.05) is 18.4 Å². The third-order valence-corrected chi connectivity index (χ3v) is 1.91. The maximum Gasteiger partial charge on any atom is 0.182 e. The Morgan fingerprint density at radius 2 is 1.83 bits per heavy atom. The van der Waals surface area contributed by atoms with E-state index in [0.29, 0.717) is 6.54 Å². The van der Waals surface area contributed by atoms with Gasteiger partial charge in [-0.05, 0) is 13.8 Å². The molecule has 0 radical (unpaired) electrons. The number of pyridine rings is 1. The smallest absolute Gasteiger partial charge is 0.182 e. The standard InChI is InChI=1S/C9H14N2O/c1-7-5-9(12)6-8(2)11(7)4-3-10/h5-6H,3-4,10H2,1-2H3. The Morgan fingerprint density at radius 1 is 1.33 bits per heavy atom. The monoisotopic (exact) mass is 166 g/mol. The maximum atomic E-state index is 11.0. The summed E-state index contributed by atoms with van der Waals surface area (Å²) in [4.78, 5) is 11.0. The third-order valence-electron chi connectivity index (χ3n) is 1.91. The number of hydrogen-bond donors (Lipinski definition) is 1. The van der Waals surface area contributed by atoms with Gasteiger partial charge < -0.3 is 10.3 Å². The van der Waals surface area contributed by atoms with Crippen LogP contribution < -0.4 is 11.2 Å². The van der Waals surface area contributed by atoms with Gasteiger partial charge in [0, 0.05) is 36.6 Å². The van der Waals surface area contributed by atoms with Crippen LogP contribution >= 0.6 is 0 Å². The molecular weight excluding hydrogens is 152 g/mol. The highest BCUT2D eigenvalue weighted by Gasteiger charge is 1.98. The molecule has 0 fully saturated rings. The third kappa shape index (κ3) is 1.74. The Labute approximate surface area is 71.8 Å². The molecule has 0 saturated carbocycles. The fourth-order valence-corrected chi connectivity index (χ4v) is 1.37. The molecule has 0 amide bonds. The number of aromatic nitrogens is 1. The minimum atomic E-state index is 0.0678. The van der Waals surface area contributed by atoms with Crippen LogP contribution in [0.15, 0.2) is 16.9 Å². The number of nitrogens with zero attached hydrogens (tertiary/aromatic N) is 1. The predicted molar refractivity (Wildman–Crippen MR) is 49.2 cm³/mol. The minimum absolute atomic E-state index is 0.0678. The van der Waals surface area contributed by atoms with Crippen LogP contribution in [0.2, 0.25) is 0 Å². The highest BCUT2D eigenvalue weighted by molar-refractivity contribution is 5.12. The molecule has 0 aliphatic carbocycles. The Morgan fingerprint density at radius 3 is 2.25 bits per heavy atom. The lowest BCUT2D eigenvalue weighted by Gasteiger charge is -2.12. The molecule has 12 heavy (non-hydrogen) atoms. The van der Waals surface area contributed by atoms with Crippen LogP contribution in [0, 0.1) is 13.8 Å². The van der Waals surface area contributed by atoms with E-state index < -0.39 is 0 Å². The van der Waals surface area contributed by atoms with Gasteiger partial charge in [0.05, 0.1) is 0 Å². The highest BCUT2D eigenvalue weighted by atomic mass is 16.1. The van der Waals surface area contributed by atoms with Crippen molar-refractivity contribution in [2.45, 2.75) is 20.4 Å². The first-order valence-electron chi connectivity index (χ1n) is 4.03. The van der Waals surface area contributed by atoms with Crippen molar-refractivity contribution in [1.82, 2.24) is 4.57 Å².